The second-order valence-corrected chi connectivity index (χ2v) is 10.7. The first-order valence-electron chi connectivity index (χ1n) is 11.5. The molecule has 0 aromatic carbocycles. The van der Waals surface area contributed by atoms with Crippen LogP contribution in [0.25, 0.3) is 0 Å². The van der Waals surface area contributed by atoms with E-state index < -0.39 is 10.9 Å². The first-order chi connectivity index (χ1) is 14.8. The van der Waals surface area contributed by atoms with Crippen LogP contribution < -0.4 is 4.90 Å². The van der Waals surface area contributed by atoms with Gasteiger partial charge in [-0.15, -0.1) is 0 Å². The van der Waals surface area contributed by atoms with Gasteiger partial charge >= 0.3 is 5.97 Å². The second-order valence-electron chi connectivity index (χ2n) is 8.46. The average molecular weight is 465 g/mol. The molecule has 0 bridgehead atoms. The molecule has 0 aliphatic carbocycles. The van der Waals surface area contributed by atoms with Crippen LogP contribution in [0.15, 0.2) is 37.2 Å². The number of carbonyl (C=O) groups is 1. The monoisotopic (exact) mass is 464 g/mol. The largest absolute Gasteiger partial charge is 0.457 e. The lowest BCUT2D eigenvalue weighted by molar-refractivity contribution is -0.148. The lowest BCUT2D eigenvalue weighted by Crippen LogP contribution is -2.38. The molecule has 1 unspecified atom stereocenters. The minimum absolute atomic E-state index is 0.157. The van der Waals surface area contributed by atoms with Crippen LogP contribution in [-0.4, -0.2) is 33.2 Å². The standard InChI is InChI=1S/C25H40N2O2S2/c1-6-8-9-10-11-12-13-14-15-16-23(28)29-22(7-2)25(3,4)31-24(30)27(5)21-17-19-26-20-18-21/h7,17-20,22H,2,6,8-16H2,1,3-5H3. The molecule has 1 rings (SSSR count). The number of thioether (sulfide) groups is 1. The van der Waals surface area contributed by atoms with Crippen molar-refractivity contribution in [2.45, 2.75) is 95.8 Å². The van der Waals surface area contributed by atoms with E-state index in [0.717, 1.165) is 18.5 Å². The molecule has 1 aromatic rings. The van der Waals surface area contributed by atoms with Gasteiger partial charge in [-0.1, -0.05) is 88.8 Å². The SMILES string of the molecule is C=CC(OC(=O)CCCCCCCCCCC)C(C)(C)SC(=S)N(C)c1ccncc1. The second kappa shape index (κ2) is 15.4. The fraction of sp³-hybridized carbons (Fsp3) is 0.640. The van der Waals surface area contributed by atoms with Crippen LogP contribution in [0.3, 0.4) is 0 Å². The molecule has 4 nitrogen and oxygen atoms in total. The number of unbranched alkanes of at least 4 members (excludes halogenated alkanes) is 8. The third kappa shape index (κ3) is 11.2. The van der Waals surface area contributed by atoms with Gasteiger partial charge in [0.1, 0.15) is 10.4 Å². The number of esters is 1. The Balaban J connectivity index is 2.38. The molecule has 0 radical (unpaired) electrons. The molecule has 0 spiro atoms. The number of ether oxygens (including phenoxy) is 1. The summed E-state index contributed by atoms with van der Waals surface area (Å²) in [7, 11) is 1.93. The molecule has 0 aliphatic rings. The van der Waals surface area contributed by atoms with Crippen molar-refractivity contribution in [2.24, 2.45) is 0 Å². The van der Waals surface area contributed by atoms with E-state index in [1.54, 1.807) is 18.5 Å². The van der Waals surface area contributed by atoms with Crippen LogP contribution >= 0.6 is 24.0 Å². The van der Waals surface area contributed by atoms with Crippen molar-refractivity contribution in [3.8, 4) is 0 Å². The lowest BCUT2D eigenvalue weighted by Gasteiger charge is -2.33. The Morgan fingerprint density at radius 1 is 1.16 bits per heavy atom. The first-order valence-corrected chi connectivity index (χ1v) is 12.7. The summed E-state index contributed by atoms with van der Waals surface area (Å²) in [6, 6.07) is 3.83. The van der Waals surface area contributed by atoms with E-state index in [0.29, 0.717) is 10.7 Å². The number of nitrogens with zero attached hydrogens (tertiary/aromatic N) is 2. The molecule has 174 valence electrons. The Bertz CT molecular complexity index is 665. The highest BCUT2D eigenvalue weighted by molar-refractivity contribution is 8.24. The summed E-state index contributed by atoms with van der Waals surface area (Å²) in [6.45, 7) is 10.2. The maximum absolute atomic E-state index is 12.4. The minimum Gasteiger partial charge on any atom is -0.457 e. The van der Waals surface area contributed by atoms with Crippen LogP contribution in [0, 0.1) is 0 Å². The summed E-state index contributed by atoms with van der Waals surface area (Å²) in [4.78, 5) is 18.4. The van der Waals surface area contributed by atoms with E-state index in [2.05, 4.69) is 18.5 Å². The quantitative estimate of drug-likeness (QED) is 0.117. The highest BCUT2D eigenvalue weighted by Crippen LogP contribution is 2.34. The zero-order valence-electron chi connectivity index (χ0n) is 19.8. The van der Waals surface area contributed by atoms with E-state index in [1.165, 1.54) is 56.7 Å². The highest BCUT2D eigenvalue weighted by atomic mass is 32.2. The number of thiocarbonyl (C=S) groups is 1. The Labute approximate surface area is 199 Å². The van der Waals surface area contributed by atoms with Crippen LogP contribution in [0.4, 0.5) is 5.69 Å². The van der Waals surface area contributed by atoms with E-state index in [-0.39, 0.29) is 5.97 Å². The topological polar surface area (TPSA) is 42.4 Å². The predicted molar refractivity (Wildman–Crippen MR) is 139 cm³/mol. The molecule has 0 aliphatic heterocycles. The maximum atomic E-state index is 12.4. The molecule has 0 saturated carbocycles. The average Bonchev–Trinajstić information content (AvgIpc) is 2.75. The van der Waals surface area contributed by atoms with Gasteiger partial charge in [-0.25, -0.2) is 0 Å². The smallest absolute Gasteiger partial charge is 0.306 e. The third-order valence-electron chi connectivity index (χ3n) is 5.32. The van der Waals surface area contributed by atoms with Crippen LogP contribution in [0.1, 0.15) is 85.0 Å². The van der Waals surface area contributed by atoms with Gasteiger partial charge in [0.15, 0.2) is 0 Å². The van der Waals surface area contributed by atoms with E-state index in [1.807, 2.05) is 37.9 Å². The fourth-order valence-electron chi connectivity index (χ4n) is 3.28. The van der Waals surface area contributed by atoms with Crippen LogP contribution in [-0.2, 0) is 9.53 Å². The van der Waals surface area contributed by atoms with Gasteiger partial charge in [-0.2, -0.15) is 0 Å². The van der Waals surface area contributed by atoms with Crippen molar-refractivity contribution in [1.82, 2.24) is 4.98 Å². The summed E-state index contributed by atoms with van der Waals surface area (Å²) in [5, 5.41) is 0. The van der Waals surface area contributed by atoms with Gasteiger partial charge in [-0.3, -0.25) is 9.78 Å². The zero-order chi connectivity index (χ0) is 23.1. The number of pyridine rings is 1. The van der Waals surface area contributed by atoms with Crippen molar-refractivity contribution >= 4 is 40.0 Å². The van der Waals surface area contributed by atoms with Gasteiger partial charge in [0, 0.05) is 31.5 Å². The zero-order valence-corrected chi connectivity index (χ0v) is 21.4. The predicted octanol–water partition coefficient (Wildman–Crippen LogP) is 7.33. The lowest BCUT2D eigenvalue weighted by atomic mass is 10.1. The van der Waals surface area contributed by atoms with E-state index in [9.17, 15) is 4.79 Å². The third-order valence-corrected chi connectivity index (χ3v) is 7.05. The van der Waals surface area contributed by atoms with Crippen LogP contribution in [0.5, 0.6) is 0 Å². The summed E-state index contributed by atoms with van der Waals surface area (Å²) in [5.74, 6) is -0.157. The van der Waals surface area contributed by atoms with Gasteiger partial charge < -0.3 is 9.64 Å². The first kappa shape index (κ1) is 27.6. The summed E-state index contributed by atoms with van der Waals surface area (Å²) in [6.07, 6.45) is 16.3. The number of hydrogen-bond donors (Lipinski definition) is 0. The molecule has 0 amide bonds. The van der Waals surface area contributed by atoms with E-state index >= 15 is 0 Å². The molecule has 0 saturated heterocycles. The van der Waals surface area contributed by atoms with Crippen molar-refractivity contribution in [3.63, 3.8) is 0 Å². The molecule has 0 N–H and O–H groups in total. The van der Waals surface area contributed by atoms with Crippen molar-refractivity contribution in [3.05, 3.63) is 37.2 Å². The molecule has 0 fully saturated rings. The number of aromatic nitrogens is 1. The normalized spacial score (nSPS) is 12.3. The van der Waals surface area contributed by atoms with Crippen molar-refractivity contribution < 1.29 is 9.53 Å². The summed E-state index contributed by atoms with van der Waals surface area (Å²) >= 11 is 7.14. The number of rotatable bonds is 15. The van der Waals surface area contributed by atoms with Crippen LogP contribution in [0.2, 0.25) is 0 Å². The number of hydrogen-bond acceptors (Lipinski definition) is 5. The Kier molecular flexibility index (Phi) is 13.7. The Morgan fingerprint density at radius 3 is 2.26 bits per heavy atom. The maximum Gasteiger partial charge on any atom is 0.306 e. The van der Waals surface area contributed by atoms with Crippen molar-refractivity contribution in [2.75, 3.05) is 11.9 Å². The molecule has 31 heavy (non-hydrogen) atoms. The molecule has 1 atom stereocenters. The van der Waals surface area contributed by atoms with Gasteiger partial charge in [0.25, 0.3) is 0 Å². The van der Waals surface area contributed by atoms with E-state index in [4.69, 9.17) is 17.0 Å². The minimum atomic E-state index is -0.422. The molecule has 6 heteroatoms. The Morgan fingerprint density at radius 2 is 1.71 bits per heavy atom. The number of anilines is 1. The fourth-order valence-corrected chi connectivity index (χ4v) is 4.98. The van der Waals surface area contributed by atoms with Crippen molar-refractivity contribution in [1.29, 1.82) is 0 Å². The Hall–Kier alpha value is -1.40. The molecular weight excluding hydrogens is 424 g/mol. The van der Waals surface area contributed by atoms with Gasteiger partial charge in [0.2, 0.25) is 0 Å². The van der Waals surface area contributed by atoms with Gasteiger partial charge in [0.05, 0.1) is 4.75 Å². The molecular formula is C25H40N2O2S2. The summed E-state index contributed by atoms with van der Waals surface area (Å²) < 4.78 is 6.04. The van der Waals surface area contributed by atoms with Gasteiger partial charge in [-0.05, 0) is 38.5 Å². The summed E-state index contributed by atoms with van der Waals surface area (Å²) in [5.41, 5.74) is 0.973. The number of carbonyl (C=O) groups excluding carboxylic acids is 1. The molecule has 1 aromatic heterocycles. The molecule has 1 heterocycles. The highest BCUT2D eigenvalue weighted by Gasteiger charge is 2.33.